The number of carbonyl (C=O) groups excluding carboxylic acids is 2. The van der Waals surface area contributed by atoms with Crippen LogP contribution in [0.2, 0.25) is 0 Å². The zero-order chi connectivity index (χ0) is 12.0. The maximum absolute atomic E-state index is 11.5. The second-order valence-electron chi connectivity index (χ2n) is 3.52. The number of hydrogen-bond acceptors (Lipinski definition) is 4. The molecule has 1 aromatic rings. The van der Waals surface area contributed by atoms with Crippen LogP contribution in [0.25, 0.3) is 0 Å². The van der Waals surface area contributed by atoms with Gasteiger partial charge in [0.1, 0.15) is 6.61 Å². The first kappa shape index (κ1) is 12.6. The molecule has 0 saturated carbocycles. The molecule has 0 spiro atoms. The van der Waals surface area contributed by atoms with Crippen LogP contribution in [-0.2, 0) is 9.53 Å². The summed E-state index contributed by atoms with van der Waals surface area (Å²) in [6, 6.07) is 3.57. The summed E-state index contributed by atoms with van der Waals surface area (Å²) in [6.07, 6.45) is 0.333. The van der Waals surface area contributed by atoms with E-state index in [0.717, 1.165) is 5.57 Å². The van der Waals surface area contributed by atoms with E-state index in [-0.39, 0.29) is 31.2 Å². The van der Waals surface area contributed by atoms with Crippen molar-refractivity contribution in [3.8, 4) is 0 Å². The molecule has 0 radical (unpaired) electrons. The highest BCUT2D eigenvalue weighted by atomic mass is 32.1. The van der Waals surface area contributed by atoms with E-state index in [1.165, 1.54) is 11.3 Å². The summed E-state index contributed by atoms with van der Waals surface area (Å²) < 4.78 is 4.88. The molecule has 3 nitrogen and oxygen atoms in total. The Balaban J connectivity index is 2.27. The first-order valence-electron chi connectivity index (χ1n) is 4.96. The molecule has 1 rings (SSSR count). The summed E-state index contributed by atoms with van der Waals surface area (Å²) >= 11 is 1.39. The van der Waals surface area contributed by atoms with E-state index in [4.69, 9.17) is 4.74 Å². The van der Waals surface area contributed by atoms with E-state index in [2.05, 4.69) is 6.58 Å². The molecule has 4 heteroatoms. The van der Waals surface area contributed by atoms with Gasteiger partial charge in [-0.1, -0.05) is 12.6 Å². The highest BCUT2D eigenvalue weighted by molar-refractivity contribution is 7.12. The van der Waals surface area contributed by atoms with E-state index in [9.17, 15) is 9.59 Å². The van der Waals surface area contributed by atoms with E-state index in [1.807, 2.05) is 11.4 Å². The smallest absolute Gasteiger partial charge is 0.306 e. The zero-order valence-electron chi connectivity index (χ0n) is 9.19. The van der Waals surface area contributed by atoms with E-state index >= 15 is 0 Å². The standard InChI is InChI=1S/C12H14O3S/c1-9(2)8-15-12(14)6-5-10(13)11-4-3-7-16-11/h3-4,7H,1,5-6,8H2,2H3. The van der Waals surface area contributed by atoms with Crippen LogP contribution in [0, 0.1) is 0 Å². The quantitative estimate of drug-likeness (QED) is 0.435. The summed E-state index contributed by atoms with van der Waals surface area (Å²) in [5, 5.41) is 1.84. The fourth-order valence-electron chi connectivity index (χ4n) is 1.05. The molecule has 0 saturated heterocycles. The van der Waals surface area contributed by atoms with Crippen LogP contribution in [0.5, 0.6) is 0 Å². The molecular formula is C12H14O3S. The fraction of sp³-hybridized carbons (Fsp3) is 0.333. The van der Waals surface area contributed by atoms with Gasteiger partial charge in [-0.25, -0.2) is 0 Å². The molecule has 0 aliphatic carbocycles. The van der Waals surface area contributed by atoms with Crippen LogP contribution in [-0.4, -0.2) is 18.4 Å². The Bertz CT molecular complexity index is 379. The largest absolute Gasteiger partial charge is 0.461 e. The summed E-state index contributed by atoms with van der Waals surface area (Å²) in [4.78, 5) is 23.4. The Labute approximate surface area is 98.7 Å². The first-order chi connectivity index (χ1) is 7.59. The minimum Gasteiger partial charge on any atom is -0.461 e. The first-order valence-corrected chi connectivity index (χ1v) is 5.84. The molecule has 0 aromatic carbocycles. The SMILES string of the molecule is C=C(C)COC(=O)CCC(=O)c1cccs1. The summed E-state index contributed by atoms with van der Waals surface area (Å²) in [5.74, 6) is -0.366. The van der Waals surface area contributed by atoms with Gasteiger partial charge < -0.3 is 4.74 Å². The molecule has 1 aromatic heterocycles. The zero-order valence-corrected chi connectivity index (χ0v) is 10.0. The normalized spacial score (nSPS) is 9.81. The van der Waals surface area contributed by atoms with Crippen LogP contribution in [0.4, 0.5) is 0 Å². The van der Waals surface area contributed by atoms with Gasteiger partial charge in [0.05, 0.1) is 11.3 Å². The molecule has 0 bridgehead atoms. The molecular weight excluding hydrogens is 224 g/mol. The van der Waals surface area contributed by atoms with Gasteiger partial charge in [0.15, 0.2) is 5.78 Å². The van der Waals surface area contributed by atoms with Crippen LogP contribution in [0.15, 0.2) is 29.7 Å². The molecule has 16 heavy (non-hydrogen) atoms. The van der Waals surface area contributed by atoms with Crippen molar-refractivity contribution in [3.63, 3.8) is 0 Å². The number of Topliss-reactive ketones (excluding diaryl/α,β-unsaturated/α-hetero) is 1. The van der Waals surface area contributed by atoms with Crippen molar-refractivity contribution in [2.75, 3.05) is 6.61 Å². The van der Waals surface area contributed by atoms with E-state index in [1.54, 1.807) is 13.0 Å². The van der Waals surface area contributed by atoms with E-state index in [0.29, 0.717) is 4.88 Å². The van der Waals surface area contributed by atoms with Gasteiger partial charge >= 0.3 is 5.97 Å². The molecule has 0 N–H and O–H groups in total. The summed E-state index contributed by atoms with van der Waals surface area (Å²) in [6.45, 7) is 5.63. The second kappa shape index (κ2) is 6.23. The van der Waals surface area contributed by atoms with Crippen LogP contribution >= 0.6 is 11.3 Å². The fourth-order valence-corrected chi connectivity index (χ4v) is 1.75. The average Bonchev–Trinajstić information content (AvgIpc) is 2.76. The summed E-state index contributed by atoms with van der Waals surface area (Å²) in [5.41, 5.74) is 0.790. The van der Waals surface area contributed by atoms with Crippen molar-refractivity contribution in [1.29, 1.82) is 0 Å². The number of ether oxygens (including phenoxy) is 1. The lowest BCUT2D eigenvalue weighted by Crippen LogP contribution is -2.08. The second-order valence-corrected chi connectivity index (χ2v) is 4.47. The van der Waals surface area contributed by atoms with Crippen molar-refractivity contribution in [2.24, 2.45) is 0 Å². The number of ketones is 1. The Morgan fingerprint density at radius 3 is 2.75 bits per heavy atom. The van der Waals surface area contributed by atoms with Gasteiger partial charge in [0.25, 0.3) is 0 Å². The Kier molecular flexibility index (Phi) is 4.92. The minimum atomic E-state index is -0.354. The van der Waals surface area contributed by atoms with Gasteiger partial charge in [-0.2, -0.15) is 0 Å². The number of thiophene rings is 1. The van der Waals surface area contributed by atoms with Gasteiger partial charge in [0, 0.05) is 6.42 Å². The highest BCUT2D eigenvalue weighted by Gasteiger charge is 2.10. The topological polar surface area (TPSA) is 43.4 Å². The number of hydrogen-bond donors (Lipinski definition) is 0. The predicted octanol–water partition coefficient (Wildman–Crippen LogP) is 2.83. The third kappa shape index (κ3) is 4.40. The Hall–Kier alpha value is -1.42. The van der Waals surface area contributed by atoms with Crippen LogP contribution in [0.1, 0.15) is 29.4 Å². The lowest BCUT2D eigenvalue weighted by molar-refractivity contribution is -0.142. The monoisotopic (exact) mass is 238 g/mol. The van der Waals surface area contributed by atoms with Gasteiger partial charge in [-0.3, -0.25) is 9.59 Å². The van der Waals surface area contributed by atoms with Gasteiger partial charge in [0.2, 0.25) is 0 Å². The average molecular weight is 238 g/mol. The molecule has 0 amide bonds. The third-order valence-electron chi connectivity index (χ3n) is 1.83. The van der Waals surface area contributed by atoms with Gasteiger partial charge in [-0.05, 0) is 23.9 Å². The van der Waals surface area contributed by atoms with E-state index < -0.39 is 0 Å². The highest BCUT2D eigenvalue weighted by Crippen LogP contribution is 2.12. The molecule has 1 heterocycles. The number of esters is 1. The molecule has 86 valence electrons. The molecule has 0 aliphatic heterocycles. The van der Waals surface area contributed by atoms with Crippen molar-refractivity contribution in [1.82, 2.24) is 0 Å². The Morgan fingerprint density at radius 2 is 2.19 bits per heavy atom. The predicted molar refractivity (Wildman–Crippen MR) is 63.7 cm³/mol. The number of carbonyl (C=O) groups is 2. The third-order valence-corrected chi connectivity index (χ3v) is 2.74. The maximum Gasteiger partial charge on any atom is 0.306 e. The van der Waals surface area contributed by atoms with Crippen molar-refractivity contribution >= 4 is 23.1 Å². The van der Waals surface area contributed by atoms with Crippen molar-refractivity contribution in [2.45, 2.75) is 19.8 Å². The lowest BCUT2D eigenvalue weighted by Gasteiger charge is -2.03. The van der Waals surface area contributed by atoms with Crippen LogP contribution < -0.4 is 0 Å². The van der Waals surface area contributed by atoms with Crippen molar-refractivity contribution in [3.05, 3.63) is 34.5 Å². The van der Waals surface area contributed by atoms with Crippen LogP contribution in [0.3, 0.4) is 0 Å². The van der Waals surface area contributed by atoms with Crippen molar-refractivity contribution < 1.29 is 14.3 Å². The van der Waals surface area contributed by atoms with Gasteiger partial charge in [-0.15, -0.1) is 11.3 Å². The Morgan fingerprint density at radius 1 is 1.44 bits per heavy atom. The molecule has 0 unspecified atom stereocenters. The summed E-state index contributed by atoms with van der Waals surface area (Å²) in [7, 11) is 0. The minimum absolute atomic E-state index is 0.0118. The molecule has 0 aliphatic rings. The number of rotatable bonds is 6. The lowest BCUT2D eigenvalue weighted by atomic mass is 10.2. The molecule has 0 fully saturated rings. The molecule has 0 atom stereocenters. The maximum atomic E-state index is 11.5.